The number of halogens is 3. The fourth-order valence-corrected chi connectivity index (χ4v) is 5.55. The van der Waals surface area contributed by atoms with Crippen LogP contribution in [0.5, 0.6) is 5.75 Å². The maximum atomic E-state index is 12.6. The predicted octanol–water partition coefficient (Wildman–Crippen LogP) is 6.56. The number of thioether (sulfide) groups is 1. The number of aromatic nitrogens is 3. The Bertz CT molecular complexity index is 1660. The van der Waals surface area contributed by atoms with E-state index in [2.05, 4.69) is 32.1 Å². The van der Waals surface area contributed by atoms with Crippen molar-refractivity contribution in [1.29, 1.82) is 0 Å². The molecular weight excluding hydrogens is 593 g/mol. The van der Waals surface area contributed by atoms with E-state index in [-0.39, 0.29) is 17.4 Å². The van der Waals surface area contributed by atoms with Gasteiger partial charge in [-0.25, -0.2) is 14.5 Å². The van der Waals surface area contributed by atoms with Crippen molar-refractivity contribution < 1.29 is 27.5 Å². The summed E-state index contributed by atoms with van der Waals surface area (Å²) in [5.41, 5.74) is 4.13. The number of nitrogens with one attached hydrogen (secondary N) is 1. The van der Waals surface area contributed by atoms with Crippen molar-refractivity contribution in [3.63, 3.8) is 0 Å². The summed E-state index contributed by atoms with van der Waals surface area (Å²) in [6.45, 7) is 2.47. The summed E-state index contributed by atoms with van der Waals surface area (Å²) in [6.07, 6.45) is -0.186. The molecule has 5 rings (SSSR count). The average molecular weight is 623 g/mol. The molecule has 1 N–H and O–H groups in total. The van der Waals surface area contributed by atoms with Crippen molar-refractivity contribution in [2.24, 2.45) is 4.99 Å². The van der Waals surface area contributed by atoms with Crippen LogP contribution in [0.15, 0.2) is 84.1 Å². The number of carbonyl (C=O) groups is 2. The molecule has 2 heterocycles. The summed E-state index contributed by atoms with van der Waals surface area (Å²) in [7, 11) is 0. The molecular formula is C31H29F3N6O3S. The topological polar surface area (TPSA) is 102 Å². The van der Waals surface area contributed by atoms with Gasteiger partial charge in [0.05, 0.1) is 17.1 Å². The average Bonchev–Trinajstić information content (AvgIpc) is 3.63. The van der Waals surface area contributed by atoms with Gasteiger partial charge in [-0.05, 0) is 66.8 Å². The smallest absolute Gasteiger partial charge is 0.406 e. The Labute approximate surface area is 256 Å². The molecule has 0 spiro atoms. The molecule has 1 saturated heterocycles. The zero-order valence-corrected chi connectivity index (χ0v) is 24.6. The highest BCUT2D eigenvalue weighted by Crippen LogP contribution is 2.30. The van der Waals surface area contributed by atoms with Crippen LogP contribution in [0.4, 0.5) is 23.7 Å². The third-order valence-corrected chi connectivity index (χ3v) is 7.57. The van der Waals surface area contributed by atoms with Crippen molar-refractivity contribution in [2.45, 2.75) is 39.0 Å². The van der Waals surface area contributed by atoms with Crippen molar-refractivity contribution in [1.82, 2.24) is 20.1 Å². The van der Waals surface area contributed by atoms with E-state index in [1.165, 1.54) is 51.9 Å². The number of rotatable bonds is 10. The molecule has 0 atom stereocenters. The van der Waals surface area contributed by atoms with E-state index in [1.54, 1.807) is 0 Å². The van der Waals surface area contributed by atoms with Crippen molar-refractivity contribution in [3.05, 3.63) is 90.3 Å². The summed E-state index contributed by atoms with van der Waals surface area (Å²) in [4.78, 5) is 35.3. The van der Waals surface area contributed by atoms with Crippen LogP contribution in [-0.4, -0.2) is 50.5 Å². The van der Waals surface area contributed by atoms with Crippen molar-refractivity contribution in [3.8, 4) is 22.8 Å². The van der Waals surface area contributed by atoms with Gasteiger partial charge in [0.1, 0.15) is 12.1 Å². The van der Waals surface area contributed by atoms with Crippen LogP contribution >= 0.6 is 11.8 Å². The number of hydrogen-bond acceptors (Lipinski definition) is 6. The molecule has 0 radical (unpaired) electrons. The number of benzene rings is 3. The lowest BCUT2D eigenvalue weighted by Gasteiger charge is -2.19. The van der Waals surface area contributed by atoms with Crippen molar-refractivity contribution >= 4 is 34.6 Å². The van der Waals surface area contributed by atoms with E-state index in [0.717, 1.165) is 35.2 Å². The molecule has 1 aliphatic heterocycles. The zero-order chi connectivity index (χ0) is 31.1. The molecule has 1 fully saturated rings. The maximum Gasteiger partial charge on any atom is 0.573 e. The molecule has 0 bridgehead atoms. The minimum Gasteiger partial charge on any atom is -0.406 e. The van der Waals surface area contributed by atoms with Crippen LogP contribution in [0.1, 0.15) is 30.9 Å². The summed E-state index contributed by atoms with van der Waals surface area (Å²) in [5.74, 6) is 0.276. The minimum atomic E-state index is -4.76. The number of aliphatic imine (C=N–C) groups is 1. The number of aryl methyl sites for hydroxylation is 2. The van der Waals surface area contributed by atoms with Gasteiger partial charge in [-0.1, -0.05) is 61.5 Å². The Morgan fingerprint density at radius 2 is 1.86 bits per heavy atom. The van der Waals surface area contributed by atoms with Gasteiger partial charge in [0.2, 0.25) is 5.91 Å². The molecule has 0 unspecified atom stereocenters. The number of urea groups is 1. The third kappa shape index (κ3) is 7.84. The summed E-state index contributed by atoms with van der Waals surface area (Å²) in [5, 5.41) is 7.64. The Morgan fingerprint density at radius 1 is 1.07 bits per heavy atom. The van der Waals surface area contributed by atoms with Gasteiger partial charge in [0.15, 0.2) is 11.0 Å². The number of hydrogen-bond donors (Lipinski definition) is 1. The first-order chi connectivity index (χ1) is 21.2. The van der Waals surface area contributed by atoms with E-state index >= 15 is 0 Å². The van der Waals surface area contributed by atoms with Crippen LogP contribution in [0.2, 0.25) is 0 Å². The monoisotopic (exact) mass is 622 g/mol. The molecule has 9 nitrogen and oxygen atoms in total. The highest BCUT2D eigenvalue weighted by Gasteiger charge is 2.32. The molecule has 1 aliphatic rings. The fraction of sp³-hybridized carbons (Fsp3) is 0.258. The Kier molecular flexibility index (Phi) is 9.63. The quantitative estimate of drug-likeness (QED) is 0.201. The van der Waals surface area contributed by atoms with Crippen LogP contribution < -0.4 is 15.0 Å². The van der Waals surface area contributed by atoms with E-state index < -0.39 is 12.4 Å². The van der Waals surface area contributed by atoms with E-state index in [4.69, 9.17) is 0 Å². The number of nitrogens with zero attached hydrogens (tertiary/aromatic N) is 5. The Morgan fingerprint density at radius 3 is 2.64 bits per heavy atom. The number of ether oxygens (including phenoxy) is 1. The van der Waals surface area contributed by atoms with Gasteiger partial charge < -0.3 is 10.1 Å². The lowest BCUT2D eigenvalue weighted by molar-refractivity contribution is -0.274. The summed E-state index contributed by atoms with van der Waals surface area (Å²) < 4.78 is 42.6. The second-order valence-electron chi connectivity index (χ2n) is 9.88. The number of para-hydroxylation sites is 1. The highest BCUT2D eigenvalue weighted by atomic mass is 32.2. The van der Waals surface area contributed by atoms with Crippen LogP contribution in [0.3, 0.4) is 0 Å². The van der Waals surface area contributed by atoms with Gasteiger partial charge in [-0.15, -0.1) is 18.3 Å². The molecule has 1 aromatic heterocycles. The van der Waals surface area contributed by atoms with Gasteiger partial charge in [0.25, 0.3) is 0 Å². The fourth-order valence-electron chi connectivity index (χ4n) is 4.69. The lowest BCUT2D eigenvalue weighted by Crippen LogP contribution is -2.32. The molecule has 0 aliphatic carbocycles. The van der Waals surface area contributed by atoms with Gasteiger partial charge in [-0.3, -0.25) is 9.69 Å². The number of amides is 3. The first-order valence-electron chi connectivity index (χ1n) is 14.0. The Balaban J connectivity index is 1.15. The van der Waals surface area contributed by atoms with E-state index in [0.29, 0.717) is 36.1 Å². The number of carbonyl (C=O) groups excluding carboxylic acids is 2. The standard InChI is InChI=1S/C31H29F3N6O3S/c1-2-7-22-10-3-4-12-26(22)40-27(41)19-44-30(40)37-29(42)35-17-6-9-21-8-5-11-23(18-21)28-36-20-39(38-28)24-13-15-25(16-14-24)43-31(32,33)34/h3-5,8,10-16,18,20H,2,6-7,9,17,19H2,1H3,(H,35,42). The van der Waals surface area contributed by atoms with E-state index in [1.807, 2.05) is 48.5 Å². The highest BCUT2D eigenvalue weighted by molar-refractivity contribution is 8.15. The largest absolute Gasteiger partial charge is 0.573 e. The number of alkyl halides is 3. The molecule has 0 saturated carbocycles. The lowest BCUT2D eigenvalue weighted by atomic mass is 10.1. The number of anilines is 1. The van der Waals surface area contributed by atoms with Gasteiger partial charge in [-0.2, -0.15) is 4.99 Å². The third-order valence-electron chi connectivity index (χ3n) is 6.64. The summed E-state index contributed by atoms with van der Waals surface area (Å²) in [6, 6.07) is 20.2. The second kappa shape index (κ2) is 13.8. The maximum absolute atomic E-state index is 12.6. The van der Waals surface area contributed by atoms with Gasteiger partial charge >= 0.3 is 12.4 Å². The summed E-state index contributed by atoms with van der Waals surface area (Å²) >= 11 is 1.25. The SMILES string of the molecule is CCCc1ccccc1N1C(=O)CSC1=NC(=O)NCCCc1cccc(-c2ncn(-c3ccc(OC(F)(F)F)cc3)n2)c1. The first-order valence-corrected chi connectivity index (χ1v) is 15.0. The molecule has 228 valence electrons. The van der Waals surface area contributed by atoms with Gasteiger partial charge in [0, 0.05) is 12.1 Å². The predicted molar refractivity (Wildman–Crippen MR) is 163 cm³/mol. The van der Waals surface area contributed by atoms with Crippen LogP contribution in [0.25, 0.3) is 17.1 Å². The van der Waals surface area contributed by atoms with E-state index in [9.17, 15) is 22.8 Å². The first kappa shape index (κ1) is 30.8. The molecule has 13 heteroatoms. The second-order valence-corrected chi connectivity index (χ2v) is 10.8. The molecule has 4 aromatic rings. The Hall–Kier alpha value is -4.65. The molecule has 3 amide bonds. The normalized spacial score (nSPS) is 14.3. The molecule has 44 heavy (non-hydrogen) atoms. The van der Waals surface area contributed by atoms with Crippen LogP contribution in [0, 0.1) is 0 Å². The zero-order valence-electron chi connectivity index (χ0n) is 23.8. The molecule has 3 aromatic carbocycles. The number of amidine groups is 1. The van der Waals surface area contributed by atoms with Crippen molar-refractivity contribution in [2.75, 3.05) is 17.2 Å². The van der Waals surface area contributed by atoms with Crippen LogP contribution in [-0.2, 0) is 17.6 Å². The minimum absolute atomic E-state index is 0.0993.